The normalized spacial score (nSPS) is 11.5. The van der Waals surface area contributed by atoms with Crippen molar-refractivity contribution >= 4 is 11.4 Å². The Morgan fingerprint density at radius 3 is 2.62 bits per heavy atom. The van der Waals surface area contributed by atoms with Gasteiger partial charge < -0.3 is 15.8 Å². The van der Waals surface area contributed by atoms with Gasteiger partial charge in [-0.1, -0.05) is 0 Å². The first-order valence-corrected chi connectivity index (χ1v) is 5.68. The fourth-order valence-electron chi connectivity index (χ4n) is 1.54. The van der Waals surface area contributed by atoms with Crippen LogP contribution in [-0.4, -0.2) is 18.8 Å². The van der Waals surface area contributed by atoms with E-state index in [2.05, 4.69) is 25.2 Å². The number of nitrogen functional groups attached to an aromatic ring is 1. The molecule has 0 saturated heterocycles. The van der Waals surface area contributed by atoms with Gasteiger partial charge in [0.1, 0.15) is 0 Å². The number of rotatable bonds is 5. The van der Waals surface area contributed by atoms with Gasteiger partial charge in [-0.3, -0.25) is 0 Å². The summed E-state index contributed by atoms with van der Waals surface area (Å²) in [5, 5.41) is 3.36. The van der Waals surface area contributed by atoms with Crippen molar-refractivity contribution < 1.29 is 4.74 Å². The largest absolute Gasteiger partial charge is 0.399 e. The zero-order valence-corrected chi connectivity index (χ0v) is 10.6. The summed E-state index contributed by atoms with van der Waals surface area (Å²) in [6, 6.07) is 5.97. The number of benzene rings is 1. The van der Waals surface area contributed by atoms with Crippen molar-refractivity contribution in [2.24, 2.45) is 0 Å². The minimum absolute atomic E-state index is 0.149. The second kappa shape index (κ2) is 5.21. The van der Waals surface area contributed by atoms with Gasteiger partial charge in [0.15, 0.2) is 0 Å². The molecule has 90 valence electrons. The van der Waals surface area contributed by atoms with Crippen LogP contribution in [0.2, 0.25) is 0 Å². The van der Waals surface area contributed by atoms with E-state index in [1.807, 2.05) is 26.0 Å². The molecule has 0 atom stereocenters. The van der Waals surface area contributed by atoms with E-state index >= 15 is 0 Å². The number of ether oxygens (including phenoxy) is 1. The standard InChI is InChI=1S/C13H22N2O/c1-5-16-13(3,4)9-15-11-6-7-12(14)10(2)8-11/h6-8,15H,5,9,14H2,1-4H3. The molecule has 1 rings (SSSR count). The lowest BCUT2D eigenvalue weighted by molar-refractivity contribution is 0.000698. The van der Waals surface area contributed by atoms with Gasteiger partial charge in [-0.05, 0) is 51.5 Å². The first kappa shape index (κ1) is 12.8. The van der Waals surface area contributed by atoms with Gasteiger partial charge in [0.05, 0.1) is 5.60 Å². The Morgan fingerprint density at radius 1 is 1.38 bits per heavy atom. The summed E-state index contributed by atoms with van der Waals surface area (Å²) < 4.78 is 5.62. The van der Waals surface area contributed by atoms with Crippen molar-refractivity contribution in [2.45, 2.75) is 33.3 Å². The molecule has 0 saturated carbocycles. The highest BCUT2D eigenvalue weighted by molar-refractivity contribution is 5.56. The monoisotopic (exact) mass is 222 g/mol. The fourth-order valence-corrected chi connectivity index (χ4v) is 1.54. The molecule has 0 radical (unpaired) electrons. The second-order valence-electron chi connectivity index (χ2n) is 4.62. The number of anilines is 2. The predicted octanol–water partition coefficient (Wildman–Crippen LogP) is 2.80. The molecule has 0 amide bonds. The number of nitrogens with two attached hydrogens (primary N) is 1. The molecule has 3 heteroatoms. The summed E-state index contributed by atoms with van der Waals surface area (Å²) >= 11 is 0. The quantitative estimate of drug-likeness (QED) is 0.753. The molecule has 0 aliphatic heterocycles. The van der Waals surface area contributed by atoms with Crippen LogP contribution < -0.4 is 11.1 Å². The highest BCUT2D eigenvalue weighted by Crippen LogP contribution is 2.18. The molecule has 0 heterocycles. The molecular formula is C13H22N2O. The highest BCUT2D eigenvalue weighted by Gasteiger charge is 2.16. The van der Waals surface area contributed by atoms with Gasteiger partial charge in [-0.2, -0.15) is 0 Å². The average Bonchev–Trinajstić information content (AvgIpc) is 2.20. The lowest BCUT2D eigenvalue weighted by Gasteiger charge is -2.25. The lowest BCUT2D eigenvalue weighted by atomic mass is 10.1. The number of nitrogens with one attached hydrogen (secondary N) is 1. The molecule has 16 heavy (non-hydrogen) atoms. The summed E-state index contributed by atoms with van der Waals surface area (Å²) in [4.78, 5) is 0. The van der Waals surface area contributed by atoms with E-state index in [1.165, 1.54) is 0 Å². The van der Waals surface area contributed by atoms with E-state index in [9.17, 15) is 0 Å². The molecule has 0 spiro atoms. The van der Waals surface area contributed by atoms with E-state index in [0.29, 0.717) is 0 Å². The third kappa shape index (κ3) is 3.74. The van der Waals surface area contributed by atoms with Crippen LogP contribution in [0.4, 0.5) is 11.4 Å². The predicted molar refractivity (Wildman–Crippen MR) is 69.8 cm³/mol. The molecule has 0 aliphatic carbocycles. The Labute approximate surface area is 98.0 Å². The Bertz CT molecular complexity index is 348. The van der Waals surface area contributed by atoms with Crippen LogP contribution in [0.5, 0.6) is 0 Å². The van der Waals surface area contributed by atoms with Gasteiger partial charge in [0.2, 0.25) is 0 Å². The van der Waals surface area contributed by atoms with Crippen molar-refractivity contribution in [3.63, 3.8) is 0 Å². The molecule has 1 aromatic rings. The first-order chi connectivity index (χ1) is 7.44. The summed E-state index contributed by atoms with van der Waals surface area (Å²) in [6.45, 7) is 9.68. The highest BCUT2D eigenvalue weighted by atomic mass is 16.5. The zero-order chi connectivity index (χ0) is 12.2. The van der Waals surface area contributed by atoms with Crippen molar-refractivity contribution in [3.05, 3.63) is 23.8 Å². The molecule has 3 N–H and O–H groups in total. The van der Waals surface area contributed by atoms with E-state index in [4.69, 9.17) is 10.5 Å². The molecule has 3 nitrogen and oxygen atoms in total. The van der Waals surface area contributed by atoms with Crippen molar-refractivity contribution in [1.82, 2.24) is 0 Å². The Balaban J connectivity index is 2.57. The van der Waals surface area contributed by atoms with Crippen molar-refractivity contribution in [2.75, 3.05) is 24.2 Å². The van der Waals surface area contributed by atoms with Crippen LogP contribution in [0.1, 0.15) is 26.3 Å². The number of hydrogen-bond donors (Lipinski definition) is 2. The molecule has 0 fully saturated rings. The minimum Gasteiger partial charge on any atom is -0.399 e. The molecular weight excluding hydrogens is 200 g/mol. The van der Waals surface area contributed by atoms with Gasteiger partial charge in [-0.15, -0.1) is 0 Å². The first-order valence-electron chi connectivity index (χ1n) is 5.68. The van der Waals surface area contributed by atoms with Crippen molar-refractivity contribution in [3.8, 4) is 0 Å². The average molecular weight is 222 g/mol. The summed E-state index contributed by atoms with van der Waals surface area (Å²) in [5.74, 6) is 0. The van der Waals surface area contributed by atoms with Crippen LogP contribution in [0.3, 0.4) is 0 Å². The Hall–Kier alpha value is -1.22. The molecule has 1 aromatic carbocycles. The Morgan fingerprint density at radius 2 is 2.06 bits per heavy atom. The van der Waals surface area contributed by atoms with E-state index in [0.717, 1.165) is 30.1 Å². The topological polar surface area (TPSA) is 47.3 Å². The molecule has 0 aliphatic rings. The molecule has 0 unspecified atom stereocenters. The maximum Gasteiger partial charge on any atom is 0.0797 e. The Kier molecular flexibility index (Phi) is 4.19. The molecule has 0 bridgehead atoms. The summed E-state index contributed by atoms with van der Waals surface area (Å²) in [7, 11) is 0. The number of hydrogen-bond acceptors (Lipinski definition) is 3. The third-order valence-electron chi connectivity index (χ3n) is 2.52. The zero-order valence-electron chi connectivity index (χ0n) is 10.6. The third-order valence-corrected chi connectivity index (χ3v) is 2.52. The van der Waals surface area contributed by atoms with Crippen LogP contribution >= 0.6 is 0 Å². The minimum atomic E-state index is -0.149. The van der Waals surface area contributed by atoms with E-state index in [1.54, 1.807) is 0 Å². The van der Waals surface area contributed by atoms with Crippen LogP contribution in [0.25, 0.3) is 0 Å². The van der Waals surface area contributed by atoms with Crippen LogP contribution in [-0.2, 0) is 4.74 Å². The van der Waals surface area contributed by atoms with Gasteiger partial charge >= 0.3 is 0 Å². The smallest absolute Gasteiger partial charge is 0.0797 e. The van der Waals surface area contributed by atoms with Gasteiger partial charge in [-0.25, -0.2) is 0 Å². The summed E-state index contributed by atoms with van der Waals surface area (Å²) in [5.41, 5.74) is 8.62. The SMILES string of the molecule is CCOC(C)(C)CNc1ccc(N)c(C)c1. The van der Waals surface area contributed by atoms with Crippen LogP contribution in [0, 0.1) is 6.92 Å². The fraction of sp³-hybridized carbons (Fsp3) is 0.538. The maximum absolute atomic E-state index is 5.77. The molecule has 0 aromatic heterocycles. The second-order valence-corrected chi connectivity index (χ2v) is 4.62. The van der Waals surface area contributed by atoms with Crippen molar-refractivity contribution in [1.29, 1.82) is 0 Å². The van der Waals surface area contributed by atoms with E-state index < -0.39 is 0 Å². The lowest BCUT2D eigenvalue weighted by Crippen LogP contribution is -2.33. The number of aryl methyl sites for hydroxylation is 1. The van der Waals surface area contributed by atoms with Crippen LogP contribution in [0.15, 0.2) is 18.2 Å². The van der Waals surface area contributed by atoms with E-state index in [-0.39, 0.29) is 5.60 Å². The maximum atomic E-state index is 5.77. The van der Waals surface area contributed by atoms with Gasteiger partial charge in [0.25, 0.3) is 0 Å². The van der Waals surface area contributed by atoms with Gasteiger partial charge in [0, 0.05) is 24.5 Å². The summed E-state index contributed by atoms with van der Waals surface area (Å²) in [6.07, 6.45) is 0.